The number of carbonyl (C=O) groups excluding carboxylic acids is 1. The Morgan fingerprint density at radius 2 is 2.20 bits per heavy atom. The summed E-state index contributed by atoms with van der Waals surface area (Å²) in [5.74, 6) is 0.250. The summed E-state index contributed by atoms with van der Waals surface area (Å²) in [5, 5.41) is 3.30. The van der Waals surface area contributed by atoms with Crippen molar-refractivity contribution in [2.24, 2.45) is 0 Å². The number of rotatable bonds is 5. The number of hydrogen-bond donors (Lipinski definition) is 1. The molecule has 0 saturated heterocycles. The molecule has 0 radical (unpaired) electrons. The molecule has 0 fully saturated rings. The predicted molar refractivity (Wildman–Crippen MR) is 67.3 cm³/mol. The minimum atomic E-state index is 0.250. The van der Waals surface area contributed by atoms with Crippen molar-refractivity contribution in [3.8, 4) is 0 Å². The van der Waals surface area contributed by atoms with Crippen LogP contribution in [0.1, 0.15) is 25.3 Å². The second kappa shape index (κ2) is 5.91. The molecule has 0 aliphatic carbocycles. The maximum absolute atomic E-state index is 10.7. The first kappa shape index (κ1) is 12.2. The van der Waals surface area contributed by atoms with E-state index < -0.39 is 0 Å². The largest absolute Gasteiger partial charge is 0.384 e. The molecule has 1 aromatic rings. The third-order valence-corrected chi connectivity index (χ3v) is 2.80. The van der Waals surface area contributed by atoms with Crippen LogP contribution < -0.4 is 5.32 Å². The molecule has 0 amide bonds. The highest BCUT2D eigenvalue weighted by molar-refractivity contribution is 9.10. The SMILES string of the molecule is CC(=O)CCCNc1ccc(C)cc1Br. The molecule has 1 N–H and O–H groups in total. The van der Waals surface area contributed by atoms with Crippen LogP contribution in [0, 0.1) is 6.92 Å². The molecule has 0 saturated carbocycles. The monoisotopic (exact) mass is 269 g/mol. The zero-order valence-corrected chi connectivity index (χ0v) is 10.7. The molecule has 0 aromatic heterocycles. The standard InChI is InChI=1S/C12H16BrNO/c1-9-5-6-12(11(13)8-9)14-7-3-4-10(2)15/h5-6,8,14H,3-4,7H2,1-2H3. The van der Waals surface area contributed by atoms with Crippen LogP contribution in [0.5, 0.6) is 0 Å². The van der Waals surface area contributed by atoms with Gasteiger partial charge in [-0.2, -0.15) is 0 Å². The highest BCUT2D eigenvalue weighted by atomic mass is 79.9. The van der Waals surface area contributed by atoms with Crippen LogP contribution in [0.2, 0.25) is 0 Å². The zero-order valence-electron chi connectivity index (χ0n) is 9.14. The number of hydrogen-bond acceptors (Lipinski definition) is 2. The van der Waals surface area contributed by atoms with E-state index in [2.05, 4.69) is 40.3 Å². The van der Waals surface area contributed by atoms with E-state index in [-0.39, 0.29) is 5.78 Å². The van der Waals surface area contributed by atoms with Gasteiger partial charge in [0.15, 0.2) is 0 Å². The first-order chi connectivity index (χ1) is 7.09. The van der Waals surface area contributed by atoms with E-state index in [4.69, 9.17) is 0 Å². The third kappa shape index (κ3) is 4.47. The number of carbonyl (C=O) groups is 1. The van der Waals surface area contributed by atoms with Crippen LogP contribution >= 0.6 is 15.9 Å². The Morgan fingerprint density at radius 3 is 2.80 bits per heavy atom. The Bertz CT molecular complexity index is 349. The van der Waals surface area contributed by atoms with Gasteiger partial charge in [0.25, 0.3) is 0 Å². The highest BCUT2D eigenvalue weighted by Crippen LogP contribution is 2.23. The van der Waals surface area contributed by atoms with Crippen molar-refractivity contribution in [3.05, 3.63) is 28.2 Å². The molecule has 0 spiro atoms. The lowest BCUT2D eigenvalue weighted by Crippen LogP contribution is -2.04. The summed E-state index contributed by atoms with van der Waals surface area (Å²) in [6.07, 6.45) is 1.53. The number of nitrogens with one attached hydrogen (secondary N) is 1. The van der Waals surface area contributed by atoms with E-state index in [1.807, 2.05) is 6.07 Å². The number of ketones is 1. The van der Waals surface area contributed by atoms with Crippen LogP contribution in [0.25, 0.3) is 0 Å². The highest BCUT2D eigenvalue weighted by Gasteiger charge is 1.99. The zero-order chi connectivity index (χ0) is 11.3. The molecule has 0 aliphatic rings. The molecule has 0 atom stereocenters. The molecule has 3 heteroatoms. The fraction of sp³-hybridized carbons (Fsp3) is 0.417. The maximum Gasteiger partial charge on any atom is 0.129 e. The van der Waals surface area contributed by atoms with Gasteiger partial charge in [-0.1, -0.05) is 6.07 Å². The topological polar surface area (TPSA) is 29.1 Å². The van der Waals surface area contributed by atoms with Crippen molar-refractivity contribution < 1.29 is 4.79 Å². The van der Waals surface area contributed by atoms with E-state index in [1.54, 1.807) is 6.92 Å². The number of aryl methyl sites for hydroxylation is 1. The average Bonchev–Trinajstić information content (AvgIpc) is 2.14. The second-order valence-electron chi connectivity index (χ2n) is 3.72. The summed E-state index contributed by atoms with van der Waals surface area (Å²) in [7, 11) is 0. The molecule has 1 aromatic carbocycles. The Hall–Kier alpha value is -0.830. The fourth-order valence-electron chi connectivity index (χ4n) is 1.32. The smallest absolute Gasteiger partial charge is 0.129 e. The van der Waals surface area contributed by atoms with Gasteiger partial charge in [0.2, 0.25) is 0 Å². The van der Waals surface area contributed by atoms with Gasteiger partial charge in [0, 0.05) is 23.1 Å². The van der Waals surface area contributed by atoms with Gasteiger partial charge in [0.1, 0.15) is 5.78 Å². The lowest BCUT2D eigenvalue weighted by atomic mass is 10.2. The Labute approximate surface area is 99.2 Å². The summed E-state index contributed by atoms with van der Waals surface area (Å²) in [5.41, 5.74) is 2.32. The van der Waals surface area contributed by atoms with Gasteiger partial charge in [0.05, 0.1) is 0 Å². The minimum Gasteiger partial charge on any atom is -0.384 e. The lowest BCUT2D eigenvalue weighted by molar-refractivity contribution is -0.117. The predicted octanol–water partition coefficient (Wildman–Crippen LogP) is 3.54. The maximum atomic E-state index is 10.7. The van der Waals surface area contributed by atoms with Crippen LogP contribution in [-0.4, -0.2) is 12.3 Å². The van der Waals surface area contributed by atoms with Crippen LogP contribution in [0.4, 0.5) is 5.69 Å². The van der Waals surface area contributed by atoms with Gasteiger partial charge in [-0.15, -0.1) is 0 Å². The first-order valence-electron chi connectivity index (χ1n) is 5.09. The van der Waals surface area contributed by atoms with E-state index in [1.165, 1.54) is 5.56 Å². The van der Waals surface area contributed by atoms with E-state index in [0.29, 0.717) is 6.42 Å². The Balaban J connectivity index is 2.40. The van der Waals surface area contributed by atoms with Crippen LogP contribution in [0.3, 0.4) is 0 Å². The lowest BCUT2D eigenvalue weighted by Gasteiger charge is -2.08. The number of Topliss-reactive ketones (excluding diaryl/α,β-unsaturated/α-hetero) is 1. The number of benzene rings is 1. The van der Waals surface area contributed by atoms with Crippen LogP contribution in [0.15, 0.2) is 22.7 Å². The quantitative estimate of drug-likeness (QED) is 0.829. The average molecular weight is 270 g/mol. The van der Waals surface area contributed by atoms with Crippen molar-refractivity contribution >= 4 is 27.4 Å². The van der Waals surface area contributed by atoms with Crippen molar-refractivity contribution in [2.75, 3.05) is 11.9 Å². The summed E-state index contributed by atoms with van der Waals surface area (Å²) < 4.78 is 1.07. The summed E-state index contributed by atoms with van der Waals surface area (Å²) in [4.78, 5) is 10.7. The van der Waals surface area contributed by atoms with Crippen molar-refractivity contribution in [2.45, 2.75) is 26.7 Å². The minimum absolute atomic E-state index is 0.250. The molecule has 0 unspecified atom stereocenters. The molecule has 0 aliphatic heterocycles. The number of halogens is 1. The molecule has 15 heavy (non-hydrogen) atoms. The molecule has 2 nitrogen and oxygen atoms in total. The van der Waals surface area contributed by atoms with Gasteiger partial charge in [-0.25, -0.2) is 0 Å². The van der Waals surface area contributed by atoms with Crippen molar-refractivity contribution in [1.29, 1.82) is 0 Å². The van der Waals surface area contributed by atoms with Crippen LogP contribution in [-0.2, 0) is 4.79 Å². The fourth-order valence-corrected chi connectivity index (χ4v) is 1.96. The molecular weight excluding hydrogens is 254 g/mol. The van der Waals surface area contributed by atoms with Gasteiger partial charge in [-0.05, 0) is 53.9 Å². The van der Waals surface area contributed by atoms with E-state index in [0.717, 1.165) is 23.1 Å². The van der Waals surface area contributed by atoms with Gasteiger partial charge >= 0.3 is 0 Å². The third-order valence-electron chi connectivity index (χ3n) is 2.15. The van der Waals surface area contributed by atoms with Gasteiger partial charge < -0.3 is 10.1 Å². The summed E-state index contributed by atoms with van der Waals surface area (Å²) >= 11 is 3.50. The van der Waals surface area contributed by atoms with E-state index in [9.17, 15) is 4.79 Å². The van der Waals surface area contributed by atoms with Crippen molar-refractivity contribution in [1.82, 2.24) is 0 Å². The molecule has 82 valence electrons. The Morgan fingerprint density at radius 1 is 1.47 bits per heavy atom. The molecule has 0 heterocycles. The Kier molecular flexibility index (Phi) is 4.82. The molecular formula is C12H16BrNO. The first-order valence-corrected chi connectivity index (χ1v) is 5.88. The molecule has 0 bridgehead atoms. The normalized spacial score (nSPS) is 10.1. The molecule has 1 rings (SSSR count). The van der Waals surface area contributed by atoms with Crippen molar-refractivity contribution in [3.63, 3.8) is 0 Å². The van der Waals surface area contributed by atoms with E-state index >= 15 is 0 Å². The summed E-state index contributed by atoms with van der Waals surface area (Å²) in [6, 6.07) is 6.19. The summed E-state index contributed by atoms with van der Waals surface area (Å²) in [6.45, 7) is 4.52. The number of anilines is 1. The van der Waals surface area contributed by atoms with Gasteiger partial charge in [-0.3, -0.25) is 0 Å². The second-order valence-corrected chi connectivity index (χ2v) is 4.57.